The Labute approximate surface area is 108 Å². The van der Waals surface area contributed by atoms with Crippen LogP contribution >= 0.6 is 22.9 Å². The lowest BCUT2D eigenvalue weighted by Gasteiger charge is -2.07. The maximum absolute atomic E-state index is 11.6. The van der Waals surface area contributed by atoms with E-state index in [4.69, 9.17) is 11.6 Å². The zero-order valence-electron chi connectivity index (χ0n) is 9.31. The number of nitrogens with one attached hydrogen (secondary N) is 1. The molecule has 1 aromatic heterocycles. The van der Waals surface area contributed by atoms with E-state index in [0.717, 1.165) is 17.6 Å². The normalized spacial score (nSPS) is 13.4. The van der Waals surface area contributed by atoms with E-state index in [-0.39, 0.29) is 21.3 Å². The zero-order chi connectivity index (χ0) is 13.1. The van der Waals surface area contributed by atoms with Gasteiger partial charge in [-0.05, 0) is 6.42 Å². The molecule has 96 valence electrons. The van der Waals surface area contributed by atoms with Crippen molar-refractivity contribution in [2.24, 2.45) is 5.92 Å². The molecule has 6 nitrogen and oxygen atoms in total. The number of aromatic nitrogens is 2. The summed E-state index contributed by atoms with van der Waals surface area (Å²) in [5, 5.41) is 9.75. The highest BCUT2D eigenvalue weighted by Gasteiger charge is 2.18. The lowest BCUT2D eigenvalue weighted by molar-refractivity contribution is -0.119. The zero-order valence-corrected chi connectivity index (χ0v) is 11.7. The molecule has 1 aromatic rings. The number of sulfone groups is 1. The molecule has 1 atom stereocenters. The number of rotatable bonds is 5. The number of amides is 1. The van der Waals surface area contributed by atoms with Crippen molar-refractivity contribution in [1.29, 1.82) is 0 Å². The Morgan fingerprint density at radius 2 is 2.18 bits per heavy atom. The van der Waals surface area contributed by atoms with Gasteiger partial charge in [0.1, 0.15) is 0 Å². The number of alkyl halides is 1. The molecule has 1 unspecified atom stereocenters. The highest BCUT2D eigenvalue weighted by atomic mass is 35.5. The van der Waals surface area contributed by atoms with Gasteiger partial charge in [-0.3, -0.25) is 4.79 Å². The minimum atomic E-state index is -3.38. The van der Waals surface area contributed by atoms with Crippen molar-refractivity contribution in [3.05, 3.63) is 0 Å². The molecular weight excluding hydrogens is 286 g/mol. The lowest BCUT2D eigenvalue weighted by atomic mass is 10.1. The highest BCUT2D eigenvalue weighted by Crippen LogP contribution is 2.20. The molecule has 0 aliphatic rings. The van der Waals surface area contributed by atoms with Gasteiger partial charge in [0.2, 0.25) is 25.2 Å². The summed E-state index contributed by atoms with van der Waals surface area (Å²) in [6, 6.07) is 0. The van der Waals surface area contributed by atoms with Crippen LogP contribution in [0.4, 0.5) is 5.13 Å². The van der Waals surface area contributed by atoms with Gasteiger partial charge < -0.3 is 5.32 Å². The molecule has 0 radical (unpaired) electrons. The number of carbonyl (C=O) groups is 1. The fourth-order valence-electron chi connectivity index (χ4n) is 0.933. The predicted octanol–water partition coefficient (Wildman–Crippen LogP) is 1.15. The first-order chi connectivity index (χ1) is 7.84. The first kappa shape index (κ1) is 14.3. The van der Waals surface area contributed by atoms with Crippen molar-refractivity contribution < 1.29 is 13.2 Å². The molecular formula is C8H12ClN3O3S2. The Balaban J connectivity index is 2.70. The number of anilines is 1. The second-order valence-electron chi connectivity index (χ2n) is 3.51. The molecule has 1 heterocycles. The van der Waals surface area contributed by atoms with Crippen LogP contribution in [0.2, 0.25) is 0 Å². The van der Waals surface area contributed by atoms with Crippen molar-refractivity contribution in [3.63, 3.8) is 0 Å². The van der Waals surface area contributed by atoms with Gasteiger partial charge in [-0.15, -0.1) is 21.8 Å². The average molecular weight is 298 g/mol. The number of halogens is 1. The standard InChI is InChI=1S/C8H12ClN3O3S2/c1-5(3-4-9)6(13)10-7-11-12-8(16-7)17(2,14)15/h5H,3-4H2,1-2H3,(H,10,11,13). The fourth-order valence-corrected chi connectivity index (χ4v) is 2.77. The minimum Gasteiger partial charge on any atom is -0.300 e. The number of nitrogens with zero attached hydrogens (tertiary/aromatic N) is 2. The van der Waals surface area contributed by atoms with Crippen molar-refractivity contribution >= 4 is 43.8 Å². The summed E-state index contributed by atoms with van der Waals surface area (Å²) in [5.41, 5.74) is 0. The largest absolute Gasteiger partial charge is 0.300 e. The Hall–Kier alpha value is -0.730. The van der Waals surface area contributed by atoms with E-state index in [2.05, 4.69) is 15.5 Å². The molecule has 0 saturated carbocycles. The monoisotopic (exact) mass is 297 g/mol. The van der Waals surface area contributed by atoms with E-state index in [1.54, 1.807) is 6.92 Å². The topological polar surface area (TPSA) is 89.0 Å². The quantitative estimate of drug-likeness (QED) is 0.650. The van der Waals surface area contributed by atoms with Gasteiger partial charge in [0, 0.05) is 18.1 Å². The van der Waals surface area contributed by atoms with Gasteiger partial charge in [0.15, 0.2) is 0 Å². The number of carbonyl (C=O) groups excluding carboxylic acids is 1. The molecule has 0 aliphatic heterocycles. The number of hydrogen-bond acceptors (Lipinski definition) is 6. The third-order valence-corrected chi connectivity index (χ3v) is 4.67. The minimum absolute atomic E-state index is 0.113. The van der Waals surface area contributed by atoms with Crippen molar-refractivity contribution in [2.75, 3.05) is 17.5 Å². The first-order valence-corrected chi connectivity index (χ1v) is 7.99. The summed E-state index contributed by atoms with van der Waals surface area (Å²) in [4.78, 5) is 11.6. The van der Waals surface area contributed by atoms with Crippen molar-refractivity contribution in [2.45, 2.75) is 17.7 Å². The van der Waals surface area contributed by atoms with Gasteiger partial charge in [-0.2, -0.15) is 0 Å². The Morgan fingerprint density at radius 3 is 2.65 bits per heavy atom. The molecule has 0 bridgehead atoms. The third-order valence-electron chi connectivity index (χ3n) is 1.94. The van der Waals surface area contributed by atoms with Gasteiger partial charge in [0.25, 0.3) is 0 Å². The average Bonchev–Trinajstić information content (AvgIpc) is 2.66. The summed E-state index contributed by atoms with van der Waals surface area (Å²) in [6.07, 6.45) is 1.58. The SMILES string of the molecule is CC(CCCl)C(=O)Nc1nnc(S(C)(=O)=O)s1. The van der Waals surface area contributed by atoms with Gasteiger partial charge in [0.05, 0.1) is 0 Å². The van der Waals surface area contributed by atoms with Crippen LogP contribution < -0.4 is 5.32 Å². The second kappa shape index (κ2) is 5.74. The Morgan fingerprint density at radius 1 is 1.53 bits per heavy atom. The molecule has 1 amide bonds. The molecule has 0 saturated heterocycles. The van der Waals surface area contributed by atoms with Crippen LogP contribution in [0, 0.1) is 5.92 Å². The second-order valence-corrected chi connectivity index (χ2v) is 7.06. The van der Waals surface area contributed by atoms with Crippen LogP contribution in [0.5, 0.6) is 0 Å². The van der Waals surface area contributed by atoms with Crippen LogP contribution in [0.1, 0.15) is 13.3 Å². The van der Waals surface area contributed by atoms with Crippen LogP contribution in [0.15, 0.2) is 4.34 Å². The van der Waals surface area contributed by atoms with E-state index in [1.807, 2.05) is 0 Å². The van der Waals surface area contributed by atoms with Gasteiger partial charge in [-0.1, -0.05) is 18.3 Å². The summed E-state index contributed by atoms with van der Waals surface area (Å²) in [5.74, 6) is -0.112. The third kappa shape index (κ3) is 4.21. The lowest BCUT2D eigenvalue weighted by Crippen LogP contribution is -2.20. The fraction of sp³-hybridized carbons (Fsp3) is 0.625. The first-order valence-electron chi connectivity index (χ1n) is 4.75. The Bertz CT molecular complexity index is 500. The Kier molecular flexibility index (Phi) is 4.84. The van der Waals surface area contributed by atoms with Crippen LogP contribution in [-0.2, 0) is 14.6 Å². The van der Waals surface area contributed by atoms with Crippen molar-refractivity contribution in [1.82, 2.24) is 10.2 Å². The maximum atomic E-state index is 11.6. The van der Waals surface area contributed by atoms with Crippen LogP contribution in [0.3, 0.4) is 0 Å². The molecule has 9 heteroatoms. The predicted molar refractivity (Wildman–Crippen MR) is 66.1 cm³/mol. The molecule has 0 aliphatic carbocycles. The molecule has 17 heavy (non-hydrogen) atoms. The van der Waals surface area contributed by atoms with E-state index in [9.17, 15) is 13.2 Å². The summed E-state index contributed by atoms with van der Waals surface area (Å²) in [6.45, 7) is 1.73. The van der Waals surface area contributed by atoms with Crippen LogP contribution in [0.25, 0.3) is 0 Å². The summed E-state index contributed by atoms with van der Waals surface area (Å²) in [7, 11) is -3.38. The highest BCUT2D eigenvalue weighted by molar-refractivity contribution is 7.92. The van der Waals surface area contributed by atoms with Crippen molar-refractivity contribution in [3.8, 4) is 0 Å². The van der Waals surface area contributed by atoms with Gasteiger partial charge in [-0.25, -0.2) is 8.42 Å². The molecule has 0 aromatic carbocycles. The van der Waals surface area contributed by atoms with Crippen LogP contribution in [-0.4, -0.2) is 36.7 Å². The summed E-state index contributed by atoms with van der Waals surface area (Å²) < 4.78 is 22.2. The van der Waals surface area contributed by atoms with E-state index >= 15 is 0 Å². The number of hydrogen-bond donors (Lipinski definition) is 1. The van der Waals surface area contributed by atoms with E-state index in [1.165, 1.54) is 0 Å². The molecule has 1 rings (SSSR count). The van der Waals surface area contributed by atoms with Gasteiger partial charge >= 0.3 is 0 Å². The van der Waals surface area contributed by atoms with E-state index < -0.39 is 9.84 Å². The molecule has 0 spiro atoms. The maximum Gasteiger partial charge on any atom is 0.234 e. The smallest absolute Gasteiger partial charge is 0.234 e. The summed E-state index contributed by atoms with van der Waals surface area (Å²) >= 11 is 6.35. The van der Waals surface area contributed by atoms with E-state index in [0.29, 0.717) is 12.3 Å². The molecule has 0 fully saturated rings. The molecule has 1 N–H and O–H groups in total.